The Morgan fingerprint density at radius 1 is 1.05 bits per heavy atom. The predicted octanol–water partition coefficient (Wildman–Crippen LogP) is 5.01. The molecule has 2 aromatic heterocycles. The number of fused-ring (bicyclic) bond motifs is 1. The largest absolute Gasteiger partial charge is 0.475 e. The van der Waals surface area contributed by atoms with E-state index in [2.05, 4.69) is 28.5 Å². The van der Waals surface area contributed by atoms with E-state index in [1.54, 1.807) is 12.4 Å². The van der Waals surface area contributed by atoms with Gasteiger partial charge in [-0.2, -0.15) is 5.10 Å². The van der Waals surface area contributed by atoms with Crippen LogP contribution in [0.5, 0.6) is 17.4 Å². The third-order valence-corrected chi connectivity index (χ3v) is 7.75. The van der Waals surface area contributed by atoms with Gasteiger partial charge in [0.25, 0.3) is 0 Å². The lowest BCUT2D eigenvalue weighted by Crippen LogP contribution is -2.31. The highest BCUT2D eigenvalue weighted by Crippen LogP contribution is 2.31. The summed E-state index contributed by atoms with van der Waals surface area (Å²) in [4.78, 5) is 15.8. The second-order valence-corrected chi connectivity index (χ2v) is 13.0. The lowest BCUT2D eigenvalue weighted by atomic mass is 10.1. The van der Waals surface area contributed by atoms with Crippen molar-refractivity contribution in [2.75, 3.05) is 13.2 Å². The van der Waals surface area contributed by atoms with Crippen LogP contribution in [0.2, 0.25) is 19.1 Å². The molecule has 2 aromatic carbocycles. The van der Waals surface area contributed by atoms with Crippen LogP contribution in [0, 0.1) is 0 Å². The molecule has 8 nitrogen and oxygen atoms in total. The van der Waals surface area contributed by atoms with Gasteiger partial charge in [0.05, 0.1) is 11.7 Å². The number of hydrogen-bond donors (Lipinski definition) is 1. The summed E-state index contributed by atoms with van der Waals surface area (Å²) in [5.41, 5.74) is 2.06. The number of hydrogen-bond acceptors (Lipinski definition) is 6. The van der Waals surface area contributed by atoms with Gasteiger partial charge in [-0.1, -0.05) is 13.1 Å². The number of pyridine rings is 1. The molecule has 4 aromatic rings. The Hall–Kier alpha value is -3.69. The number of aromatic nitrogens is 3. The van der Waals surface area contributed by atoms with Crippen molar-refractivity contribution < 1.29 is 19.0 Å². The van der Waals surface area contributed by atoms with Gasteiger partial charge in [-0.05, 0) is 72.4 Å². The Kier molecular flexibility index (Phi) is 7.81. The van der Waals surface area contributed by atoms with E-state index in [0.717, 1.165) is 46.6 Å². The van der Waals surface area contributed by atoms with Crippen LogP contribution in [0.4, 0.5) is 0 Å². The quantitative estimate of drug-likeness (QED) is 0.223. The first-order valence-electron chi connectivity index (χ1n) is 12.7. The van der Waals surface area contributed by atoms with Crippen LogP contribution >= 0.6 is 0 Å². The van der Waals surface area contributed by atoms with Crippen LogP contribution in [-0.4, -0.2) is 48.7 Å². The third-order valence-electron chi connectivity index (χ3n) is 6.36. The molecule has 9 heteroatoms. The summed E-state index contributed by atoms with van der Waals surface area (Å²) >= 11 is 0. The van der Waals surface area contributed by atoms with Gasteiger partial charge < -0.3 is 19.5 Å². The molecule has 1 fully saturated rings. The number of nitrogens with one attached hydrogen (secondary N) is 1. The number of ether oxygens (including phenoxy) is 3. The molecular formula is C28H32N4O4Si. The van der Waals surface area contributed by atoms with Crippen LogP contribution in [0.15, 0.2) is 67.0 Å². The zero-order valence-corrected chi connectivity index (χ0v) is 22.4. The summed E-state index contributed by atoms with van der Waals surface area (Å²) in [5.74, 6) is 2.11. The molecule has 1 aliphatic heterocycles. The monoisotopic (exact) mass is 516 g/mol. The molecule has 37 heavy (non-hydrogen) atoms. The Balaban J connectivity index is 1.22. The topological polar surface area (TPSA) is 87.5 Å². The SMILES string of the molecule is C[SiH](C)CCOCn1nccc1-c1ccc(Oc2ccc3c(OC[C@@H]4CCC(=O)N4)nccc3c2)cc1. The zero-order valence-electron chi connectivity index (χ0n) is 21.2. The highest BCUT2D eigenvalue weighted by molar-refractivity contribution is 6.55. The van der Waals surface area contributed by atoms with E-state index in [-0.39, 0.29) is 11.9 Å². The van der Waals surface area contributed by atoms with E-state index in [0.29, 0.717) is 25.6 Å². The summed E-state index contributed by atoms with van der Waals surface area (Å²) in [7, 11) is -0.606. The van der Waals surface area contributed by atoms with Crippen molar-refractivity contribution >= 4 is 25.5 Å². The van der Waals surface area contributed by atoms with Crippen molar-refractivity contribution in [1.82, 2.24) is 20.1 Å². The molecule has 0 aliphatic carbocycles. The van der Waals surface area contributed by atoms with E-state index in [9.17, 15) is 4.79 Å². The van der Waals surface area contributed by atoms with Gasteiger partial charge in [0.2, 0.25) is 11.8 Å². The van der Waals surface area contributed by atoms with E-state index in [1.807, 2.05) is 59.3 Å². The van der Waals surface area contributed by atoms with E-state index in [1.165, 1.54) is 6.04 Å². The average molecular weight is 517 g/mol. The molecule has 1 amide bonds. The molecule has 1 N–H and O–H groups in total. The first-order valence-corrected chi connectivity index (χ1v) is 15.9. The Bertz CT molecular complexity index is 1360. The number of carbonyl (C=O) groups excluding carboxylic acids is 1. The summed E-state index contributed by atoms with van der Waals surface area (Å²) < 4.78 is 19.8. The molecule has 0 radical (unpaired) electrons. The van der Waals surface area contributed by atoms with Gasteiger partial charge in [0, 0.05) is 45.2 Å². The van der Waals surface area contributed by atoms with E-state index in [4.69, 9.17) is 14.2 Å². The zero-order chi connectivity index (χ0) is 25.6. The van der Waals surface area contributed by atoms with Crippen LogP contribution in [-0.2, 0) is 16.3 Å². The predicted molar refractivity (Wildman–Crippen MR) is 146 cm³/mol. The standard InChI is InChI=1S/C28H32N4O4Si/c1-37(2)16-15-34-19-32-26(12-14-30-32)20-3-6-23(7-4-20)36-24-8-9-25-21(17-24)11-13-29-28(25)35-18-22-5-10-27(33)31-22/h3-4,6-9,11-14,17,22,37H,5,10,15-16,18-19H2,1-2H3,(H,31,33)/t22-/m0/s1. The lowest BCUT2D eigenvalue weighted by molar-refractivity contribution is -0.119. The van der Waals surface area contributed by atoms with Crippen molar-refractivity contribution in [2.24, 2.45) is 0 Å². The summed E-state index contributed by atoms with van der Waals surface area (Å²) in [5, 5.41) is 9.20. The first-order chi connectivity index (χ1) is 18.0. The molecule has 1 aliphatic rings. The Labute approximate surface area is 218 Å². The Morgan fingerprint density at radius 2 is 1.89 bits per heavy atom. The van der Waals surface area contributed by atoms with Crippen molar-refractivity contribution in [3.05, 3.63) is 67.0 Å². The van der Waals surface area contributed by atoms with E-state index >= 15 is 0 Å². The fraction of sp³-hybridized carbons (Fsp3) is 0.321. The molecule has 0 unspecified atom stereocenters. The minimum Gasteiger partial charge on any atom is -0.475 e. The minimum atomic E-state index is -0.606. The number of rotatable bonds is 11. The highest BCUT2D eigenvalue weighted by Gasteiger charge is 2.21. The molecule has 0 spiro atoms. The molecule has 192 valence electrons. The number of amides is 1. The molecular weight excluding hydrogens is 484 g/mol. The van der Waals surface area contributed by atoms with Crippen molar-refractivity contribution in [3.8, 4) is 28.6 Å². The normalized spacial score (nSPS) is 15.3. The fourth-order valence-electron chi connectivity index (χ4n) is 4.27. The van der Waals surface area contributed by atoms with Crippen molar-refractivity contribution in [3.63, 3.8) is 0 Å². The molecule has 1 atom stereocenters. The summed E-state index contributed by atoms with van der Waals surface area (Å²) in [6.07, 6.45) is 4.86. The summed E-state index contributed by atoms with van der Waals surface area (Å²) in [6, 6.07) is 18.9. The first kappa shape index (κ1) is 25.0. The van der Waals surface area contributed by atoms with Gasteiger partial charge in [-0.15, -0.1) is 0 Å². The van der Waals surface area contributed by atoms with Gasteiger partial charge >= 0.3 is 0 Å². The molecule has 1 saturated heterocycles. The van der Waals surface area contributed by atoms with Crippen LogP contribution in [0.25, 0.3) is 22.0 Å². The Morgan fingerprint density at radius 3 is 2.68 bits per heavy atom. The van der Waals surface area contributed by atoms with Crippen LogP contribution in [0.3, 0.4) is 0 Å². The second-order valence-electron chi connectivity index (χ2n) is 9.68. The molecule has 3 heterocycles. The van der Waals surface area contributed by atoms with E-state index < -0.39 is 8.80 Å². The van der Waals surface area contributed by atoms with Crippen LogP contribution < -0.4 is 14.8 Å². The maximum Gasteiger partial charge on any atom is 0.221 e. The van der Waals surface area contributed by atoms with Gasteiger partial charge in [0.15, 0.2) is 0 Å². The van der Waals surface area contributed by atoms with Crippen molar-refractivity contribution in [1.29, 1.82) is 0 Å². The van der Waals surface area contributed by atoms with Gasteiger partial charge in [-0.3, -0.25) is 4.79 Å². The van der Waals surface area contributed by atoms with Crippen molar-refractivity contribution in [2.45, 2.75) is 44.8 Å². The fourth-order valence-corrected chi connectivity index (χ4v) is 4.91. The molecule has 0 bridgehead atoms. The molecule has 0 saturated carbocycles. The number of nitrogens with zero attached hydrogens (tertiary/aromatic N) is 3. The lowest BCUT2D eigenvalue weighted by Gasteiger charge is -2.13. The van der Waals surface area contributed by atoms with Crippen LogP contribution in [0.1, 0.15) is 12.8 Å². The van der Waals surface area contributed by atoms with Gasteiger partial charge in [-0.25, -0.2) is 9.67 Å². The maximum atomic E-state index is 11.4. The smallest absolute Gasteiger partial charge is 0.221 e. The maximum absolute atomic E-state index is 11.4. The minimum absolute atomic E-state index is 0.0349. The highest BCUT2D eigenvalue weighted by atomic mass is 28.3. The molecule has 5 rings (SSSR count). The van der Waals surface area contributed by atoms with Gasteiger partial charge in [0.1, 0.15) is 24.8 Å². The second kappa shape index (κ2) is 11.6. The average Bonchev–Trinajstić information content (AvgIpc) is 3.54. The summed E-state index contributed by atoms with van der Waals surface area (Å²) in [6.45, 7) is 6.30. The number of carbonyl (C=O) groups is 1. The number of benzene rings is 2. The third kappa shape index (κ3) is 6.36.